The zero-order valence-corrected chi connectivity index (χ0v) is 12.3. The fraction of sp³-hybridized carbons (Fsp3) is 0.312. The van der Waals surface area contributed by atoms with E-state index in [1.807, 2.05) is 30.3 Å². The molecule has 1 rings (SSSR count). The average molecular weight is 289 g/mol. The number of ether oxygens (including phenoxy) is 1. The molecule has 5 heteroatoms. The van der Waals surface area contributed by atoms with Crippen molar-refractivity contribution in [3.05, 3.63) is 42.0 Å². The number of Topliss-reactive ketones (excluding diaryl/α,β-unsaturated/α-hetero) is 1. The molecule has 1 amide bonds. The SMILES string of the molecule is COC(=O)C(NC(=O)C=Cc1ccccc1)C(=O)C(C)C. The summed E-state index contributed by atoms with van der Waals surface area (Å²) in [5.74, 6) is -2.06. The van der Waals surface area contributed by atoms with E-state index in [1.54, 1.807) is 19.9 Å². The van der Waals surface area contributed by atoms with Gasteiger partial charge in [-0.25, -0.2) is 4.79 Å². The van der Waals surface area contributed by atoms with Gasteiger partial charge in [-0.3, -0.25) is 9.59 Å². The third-order valence-electron chi connectivity index (χ3n) is 2.80. The fourth-order valence-corrected chi connectivity index (χ4v) is 1.62. The van der Waals surface area contributed by atoms with E-state index < -0.39 is 17.9 Å². The third-order valence-corrected chi connectivity index (χ3v) is 2.80. The van der Waals surface area contributed by atoms with Crippen molar-refractivity contribution in [3.8, 4) is 0 Å². The van der Waals surface area contributed by atoms with Crippen LogP contribution in [-0.2, 0) is 19.1 Å². The lowest BCUT2D eigenvalue weighted by Gasteiger charge is -2.16. The number of nitrogens with one attached hydrogen (secondary N) is 1. The Kier molecular flexibility index (Phi) is 6.33. The Hall–Kier alpha value is -2.43. The van der Waals surface area contributed by atoms with Crippen LogP contribution in [0.4, 0.5) is 0 Å². The van der Waals surface area contributed by atoms with E-state index in [0.29, 0.717) is 0 Å². The molecule has 1 unspecified atom stereocenters. The maximum Gasteiger partial charge on any atom is 0.336 e. The highest BCUT2D eigenvalue weighted by Crippen LogP contribution is 2.03. The molecule has 0 aromatic heterocycles. The average Bonchev–Trinajstić information content (AvgIpc) is 2.50. The van der Waals surface area contributed by atoms with Gasteiger partial charge in [0, 0.05) is 12.0 Å². The molecule has 0 saturated heterocycles. The van der Waals surface area contributed by atoms with E-state index >= 15 is 0 Å². The number of carbonyl (C=O) groups excluding carboxylic acids is 3. The fourth-order valence-electron chi connectivity index (χ4n) is 1.62. The lowest BCUT2D eigenvalue weighted by molar-refractivity contribution is -0.148. The predicted molar refractivity (Wildman–Crippen MR) is 79.3 cm³/mol. The maximum atomic E-state index is 11.9. The van der Waals surface area contributed by atoms with E-state index in [2.05, 4.69) is 10.1 Å². The van der Waals surface area contributed by atoms with Crippen molar-refractivity contribution in [3.63, 3.8) is 0 Å². The second kappa shape index (κ2) is 7.99. The molecule has 21 heavy (non-hydrogen) atoms. The molecule has 0 radical (unpaired) electrons. The molecule has 1 atom stereocenters. The minimum absolute atomic E-state index is 0.382. The second-order valence-electron chi connectivity index (χ2n) is 4.77. The van der Waals surface area contributed by atoms with Crippen LogP contribution in [0.2, 0.25) is 0 Å². The van der Waals surface area contributed by atoms with Crippen LogP contribution in [0, 0.1) is 5.92 Å². The van der Waals surface area contributed by atoms with Crippen molar-refractivity contribution < 1.29 is 19.1 Å². The van der Waals surface area contributed by atoms with Gasteiger partial charge in [0.1, 0.15) is 0 Å². The van der Waals surface area contributed by atoms with Gasteiger partial charge >= 0.3 is 5.97 Å². The highest BCUT2D eigenvalue weighted by atomic mass is 16.5. The molecular formula is C16H19NO4. The lowest BCUT2D eigenvalue weighted by atomic mass is 10.0. The first-order valence-corrected chi connectivity index (χ1v) is 6.61. The molecular weight excluding hydrogens is 270 g/mol. The quantitative estimate of drug-likeness (QED) is 0.490. The second-order valence-corrected chi connectivity index (χ2v) is 4.77. The molecule has 0 bridgehead atoms. The molecule has 0 aliphatic rings. The van der Waals surface area contributed by atoms with Crippen LogP contribution in [0.1, 0.15) is 19.4 Å². The lowest BCUT2D eigenvalue weighted by Crippen LogP contribution is -2.48. The first-order chi connectivity index (χ1) is 9.95. The Labute approximate surface area is 124 Å². The topological polar surface area (TPSA) is 72.5 Å². The van der Waals surface area contributed by atoms with E-state index in [-0.39, 0.29) is 11.7 Å². The molecule has 0 spiro atoms. The van der Waals surface area contributed by atoms with Gasteiger partial charge in [-0.05, 0) is 11.6 Å². The molecule has 112 valence electrons. The Bertz CT molecular complexity index is 534. The molecule has 0 aliphatic heterocycles. The summed E-state index contributed by atoms with van der Waals surface area (Å²) in [7, 11) is 1.18. The van der Waals surface area contributed by atoms with Crippen LogP contribution in [0.25, 0.3) is 6.08 Å². The van der Waals surface area contributed by atoms with Crippen molar-refractivity contribution in [2.24, 2.45) is 5.92 Å². The number of hydrogen-bond acceptors (Lipinski definition) is 4. The number of ketones is 1. The van der Waals surface area contributed by atoms with Gasteiger partial charge in [0.25, 0.3) is 0 Å². The summed E-state index contributed by atoms with van der Waals surface area (Å²) < 4.78 is 4.55. The molecule has 1 aromatic rings. The van der Waals surface area contributed by atoms with E-state index in [9.17, 15) is 14.4 Å². The first kappa shape index (κ1) is 16.6. The normalized spacial score (nSPS) is 12.2. The Morgan fingerprint density at radius 1 is 1.14 bits per heavy atom. The first-order valence-electron chi connectivity index (χ1n) is 6.61. The molecule has 5 nitrogen and oxygen atoms in total. The van der Waals surface area contributed by atoms with Gasteiger partial charge in [-0.2, -0.15) is 0 Å². The van der Waals surface area contributed by atoms with Crippen molar-refractivity contribution >= 4 is 23.7 Å². The molecule has 0 fully saturated rings. The number of rotatable bonds is 6. The summed E-state index contributed by atoms with van der Waals surface area (Å²) >= 11 is 0. The van der Waals surface area contributed by atoms with Crippen LogP contribution < -0.4 is 5.32 Å². The summed E-state index contributed by atoms with van der Waals surface area (Å²) in [6, 6.07) is 7.95. The van der Waals surface area contributed by atoms with Crippen LogP contribution in [0.5, 0.6) is 0 Å². The van der Waals surface area contributed by atoms with E-state index in [0.717, 1.165) is 5.56 Å². The van der Waals surface area contributed by atoms with Crippen molar-refractivity contribution in [1.82, 2.24) is 5.32 Å². The Balaban J connectivity index is 2.75. The monoisotopic (exact) mass is 289 g/mol. The van der Waals surface area contributed by atoms with Gasteiger partial charge in [-0.15, -0.1) is 0 Å². The van der Waals surface area contributed by atoms with E-state index in [1.165, 1.54) is 13.2 Å². The molecule has 0 saturated carbocycles. The molecule has 1 aromatic carbocycles. The maximum absolute atomic E-state index is 11.9. The van der Waals surface area contributed by atoms with Gasteiger partial charge in [0.15, 0.2) is 11.8 Å². The summed E-state index contributed by atoms with van der Waals surface area (Å²) in [4.78, 5) is 35.3. The smallest absolute Gasteiger partial charge is 0.336 e. The number of benzene rings is 1. The zero-order valence-electron chi connectivity index (χ0n) is 12.3. The molecule has 0 aliphatic carbocycles. The van der Waals surface area contributed by atoms with Crippen LogP contribution in [0.3, 0.4) is 0 Å². The van der Waals surface area contributed by atoms with Gasteiger partial charge < -0.3 is 10.1 Å². The largest absolute Gasteiger partial charge is 0.467 e. The summed E-state index contributed by atoms with van der Waals surface area (Å²) in [5, 5.41) is 2.37. The highest BCUT2D eigenvalue weighted by Gasteiger charge is 2.30. The number of hydrogen-bond donors (Lipinski definition) is 1. The van der Waals surface area contributed by atoms with Crippen LogP contribution in [-0.4, -0.2) is 30.8 Å². The minimum atomic E-state index is -1.28. The minimum Gasteiger partial charge on any atom is -0.467 e. The third kappa shape index (κ3) is 5.22. The summed E-state index contributed by atoms with van der Waals surface area (Å²) in [5.41, 5.74) is 0.845. The predicted octanol–water partition coefficient (Wildman–Crippen LogP) is 1.58. The number of esters is 1. The standard InChI is InChI=1S/C16H19NO4/c1-11(2)15(19)14(16(20)21-3)17-13(18)10-9-12-7-5-4-6-8-12/h4-11,14H,1-3H3,(H,17,18). The Morgan fingerprint density at radius 2 is 1.76 bits per heavy atom. The van der Waals surface area contributed by atoms with Crippen LogP contribution >= 0.6 is 0 Å². The number of methoxy groups -OCH3 is 1. The summed E-state index contributed by atoms with van der Waals surface area (Å²) in [6.07, 6.45) is 2.88. The van der Waals surface area contributed by atoms with Gasteiger partial charge in [0.05, 0.1) is 7.11 Å². The van der Waals surface area contributed by atoms with Crippen LogP contribution in [0.15, 0.2) is 36.4 Å². The molecule has 0 heterocycles. The zero-order chi connectivity index (χ0) is 15.8. The van der Waals surface area contributed by atoms with Crippen molar-refractivity contribution in [2.45, 2.75) is 19.9 Å². The number of carbonyl (C=O) groups is 3. The Morgan fingerprint density at radius 3 is 2.29 bits per heavy atom. The van der Waals surface area contributed by atoms with Crippen molar-refractivity contribution in [1.29, 1.82) is 0 Å². The van der Waals surface area contributed by atoms with Crippen molar-refractivity contribution in [2.75, 3.05) is 7.11 Å². The van der Waals surface area contributed by atoms with Gasteiger partial charge in [0.2, 0.25) is 5.91 Å². The molecule has 1 N–H and O–H groups in total. The van der Waals surface area contributed by atoms with E-state index in [4.69, 9.17) is 0 Å². The number of amides is 1. The van der Waals surface area contributed by atoms with Gasteiger partial charge in [-0.1, -0.05) is 44.2 Å². The summed E-state index contributed by atoms with van der Waals surface area (Å²) in [6.45, 7) is 3.31. The highest BCUT2D eigenvalue weighted by molar-refractivity contribution is 6.08.